The smallest absolute Gasteiger partial charge is 0.118 e. The Morgan fingerprint density at radius 2 is 1.62 bits per heavy atom. The monoisotopic (exact) mass is 283 g/mol. The van der Waals surface area contributed by atoms with Crippen molar-refractivity contribution in [3.8, 4) is 5.75 Å². The van der Waals surface area contributed by atoms with Gasteiger partial charge in [-0.25, -0.2) is 0 Å². The minimum Gasteiger partial charge on any atom is -0.497 e. The molecule has 0 fully saturated rings. The van der Waals surface area contributed by atoms with Gasteiger partial charge in [-0.05, 0) is 36.2 Å². The molecule has 1 N–H and O–H groups in total. The standard InChI is InChI=1S/C19H25NO/c1-4-14-20-19(15(2)16-8-6-5-7-9-16)17-10-12-18(21-3)13-11-17/h5-13,15,19-20H,4,14H2,1-3H3. The van der Waals surface area contributed by atoms with Crippen LogP contribution in [0.1, 0.15) is 43.4 Å². The second-order valence-corrected chi connectivity index (χ2v) is 5.40. The van der Waals surface area contributed by atoms with Crippen molar-refractivity contribution in [1.82, 2.24) is 5.32 Å². The fourth-order valence-corrected chi connectivity index (χ4v) is 2.64. The maximum absolute atomic E-state index is 5.25. The fourth-order valence-electron chi connectivity index (χ4n) is 2.64. The van der Waals surface area contributed by atoms with Crippen LogP contribution in [0.2, 0.25) is 0 Å². The Balaban J connectivity index is 2.24. The lowest BCUT2D eigenvalue weighted by Gasteiger charge is -2.26. The average Bonchev–Trinajstić information content (AvgIpc) is 2.56. The van der Waals surface area contributed by atoms with Crippen molar-refractivity contribution >= 4 is 0 Å². The van der Waals surface area contributed by atoms with E-state index in [1.807, 2.05) is 12.1 Å². The first-order valence-electron chi connectivity index (χ1n) is 7.68. The molecule has 2 unspecified atom stereocenters. The lowest BCUT2D eigenvalue weighted by Crippen LogP contribution is -2.26. The van der Waals surface area contributed by atoms with Gasteiger partial charge in [0.05, 0.1) is 7.11 Å². The summed E-state index contributed by atoms with van der Waals surface area (Å²) in [5.74, 6) is 1.33. The third-order valence-electron chi connectivity index (χ3n) is 3.91. The highest BCUT2D eigenvalue weighted by molar-refractivity contribution is 5.32. The van der Waals surface area contributed by atoms with Crippen LogP contribution in [-0.4, -0.2) is 13.7 Å². The second kappa shape index (κ2) is 7.84. The van der Waals surface area contributed by atoms with Crippen molar-refractivity contribution in [1.29, 1.82) is 0 Å². The zero-order valence-corrected chi connectivity index (χ0v) is 13.2. The van der Waals surface area contributed by atoms with Gasteiger partial charge in [-0.3, -0.25) is 0 Å². The zero-order valence-electron chi connectivity index (χ0n) is 13.2. The molecular weight excluding hydrogens is 258 g/mol. The molecule has 0 aliphatic rings. The van der Waals surface area contributed by atoms with Crippen LogP contribution in [0.3, 0.4) is 0 Å². The molecule has 0 spiro atoms. The highest BCUT2D eigenvalue weighted by Crippen LogP contribution is 2.31. The third-order valence-corrected chi connectivity index (χ3v) is 3.91. The van der Waals surface area contributed by atoms with Crippen LogP contribution >= 0.6 is 0 Å². The second-order valence-electron chi connectivity index (χ2n) is 5.40. The Bertz CT molecular complexity index is 521. The van der Waals surface area contributed by atoms with Crippen molar-refractivity contribution in [3.63, 3.8) is 0 Å². The van der Waals surface area contributed by atoms with E-state index in [0.29, 0.717) is 12.0 Å². The summed E-state index contributed by atoms with van der Waals surface area (Å²) in [5, 5.41) is 3.68. The van der Waals surface area contributed by atoms with Gasteiger partial charge < -0.3 is 10.1 Å². The Labute approximate surface area is 128 Å². The van der Waals surface area contributed by atoms with Crippen LogP contribution in [0.5, 0.6) is 5.75 Å². The van der Waals surface area contributed by atoms with Crippen molar-refractivity contribution in [2.45, 2.75) is 32.2 Å². The number of methoxy groups -OCH3 is 1. The average molecular weight is 283 g/mol. The van der Waals surface area contributed by atoms with E-state index in [-0.39, 0.29) is 0 Å². The first-order valence-corrected chi connectivity index (χ1v) is 7.68. The van der Waals surface area contributed by atoms with Gasteiger partial charge in [0.15, 0.2) is 0 Å². The predicted octanol–water partition coefficient (Wildman–Crippen LogP) is 4.54. The van der Waals surface area contributed by atoms with Crippen LogP contribution in [0.25, 0.3) is 0 Å². The molecule has 2 atom stereocenters. The van der Waals surface area contributed by atoms with E-state index in [0.717, 1.165) is 18.7 Å². The molecule has 0 heterocycles. The number of hydrogen-bond donors (Lipinski definition) is 1. The maximum Gasteiger partial charge on any atom is 0.118 e. The van der Waals surface area contributed by atoms with E-state index in [1.165, 1.54) is 11.1 Å². The van der Waals surface area contributed by atoms with Crippen LogP contribution in [-0.2, 0) is 0 Å². The summed E-state index contributed by atoms with van der Waals surface area (Å²) in [5.41, 5.74) is 2.67. The molecule has 2 aromatic rings. The topological polar surface area (TPSA) is 21.3 Å². The van der Waals surface area contributed by atoms with Gasteiger partial charge in [-0.2, -0.15) is 0 Å². The lowest BCUT2D eigenvalue weighted by molar-refractivity contribution is 0.413. The van der Waals surface area contributed by atoms with Gasteiger partial charge >= 0.3 is 0 Å². The Morgan fingerprint density at radius 3 is 2.19 bits per heavy atom. The molecule has 0 bridgehead atoms. The largest absolute Gasteiger partial charge is 0.497 e. The summed E-state index contributed by atoms with van der Waals surface area (Å²) >= 11 is 0. The summed E-state index contributed by atoms with van der Waals surface area (Å²) in [6, 6.07) is 19.4. The molecule has 112 valence electrons. The molecule has 0 aromatic heterocycles. The van der Waals surface area contributed by atoms with E-state index >= 15 is 0 Å². The molecule has 0 radical (unpaired) electrons. The van der Waals surface area contributed by atoms with E-state index in [9.17, 15) is 0 Å². The number of rotatable bonds is 7. The summed E-state index contributed by atoms with van der Waals surface area (Å²) in [6.45, 7) is 5.51. The fraction of sp³-hybridized carbons (Fsp3) is 0.368. The third kappa shape index (κ3) is 4.08. The number of ether oxygens (including phenoxy) is 1. The Hall–Kier alpha value is -1.80. The van der Waals surface area contributed by atoms with Gasteiger partial charge in [0, 0.05) is 12.0 Å². The first-order chi connectivity index (χ1) is 10.3. The van der Waals surface area contributed by atoms with Crippen LogP contribution in [0, 0.1) is 0 Å². The highest BCUT2D eigenvalue weighted by atomic mass is 16.5. The molecule has 2 heteroatoms. The first kappa shape index (κ1) is 15.6. The zero-order chi connectivity index (χ0) is 15.1. The van der Waals surface area contributed by atoms with Crippen LogP contribution in [0.15, 0.2) is 54.6 Å². The molecule has 0 aliphatic carbocycles. The molecular formula is C19H25NO. The van der Waals surface area contributed by atoms with Crippen LogP contribution < -0.4 is 10.1 Å². The molecule has 0 aliphatic heterocycles. The maximum atomic E-state index is 5.25. The summed E-state index contributed by atoms with van der Waals surface area (Å²) in [7, 11) is 1.70. The number of hydrogen-bond acceptors (Lipinski definition) is 2. The van der Waals surface area contributed by atoms with Gasteiger partial charge in [0.1, 0.15) is 5.75 Å². The Kier molecular flexibility index (Phi) is 5.82. The summed E-state index contributed by atoms with van der Waals surface area (Å²) in [6.07, 6.45) is 1.13. The predicted molar refractivity (Wildman–Crippen MR) is 88.9 cm³/mol. The van der Waals surface area contributed by atoms with Gasteiger partial charge in [-0.1, -0.05) is 56.3 Å². The Morgan fingerprint density at radius 1 is 0.952 bits per heavy atom. The molecule has 0 saturated heterocycles. The molecule has 2 nitrogen and oxygen atoms in total. The van der Waals surface area contributed by atoms with E-state index in [2.05, 4.69) is 61.6 Å². The summed E-state index contributed by atoms with van der Waals surface area (Å²) in [4.78, 5) is 0. The van der Waals surface area contributed by atoms with E-state index < -0.39 is 0 Å². The van der Waals surface area contributed by atoms with Crippen molar-refractivity contribution in [2.24, 2.45) is 0 Å². The normalized spacial score (nSPS) is 13.7. The van der Waals surface area contributed by atoms with Crippen molar-refractivity contribution in [3.05, 3.63) is 65.7 Å². The minimum absolute atomic E-state index is 0.318. The molecule has 21 heavy (non-hydrogen) atoms. The number of benzene rings is 2. The van der Waals surface area contributed by atoms with Gasteiger partial charge in [0.2, 0.25) is 0 Å². The SMILES string of the molecule is CCCNC(c1ccc(OC)cc1)C(C)c1ccccc1. The lowest BCUT2D eigenvalue weighted by atomic mass is 9.88. The van der Waals surface area contributed by atoms with Crippen LogP contribution in [0.4, 0.5) is 0 Å². The van der Waals surface area contributed by atoms with Gasteiger partial charge in [0.25, 0.3) is 0 Å². The van der Waals surface area contributed by atoms with Crippen molar-refractivity contribution < 1.29 is 4.74 Å². The minimum atomic E-state index is 0.318. The molecule has 0 amide bonds. The molecule has 2 rings (SSSR count). The molecule has 0 saturated carbocycles. The summed E-state index contributed by atoms with van der Waals surface area (Å²) < 4.78 is 5.25. The quantitative estimate of drug-likeness (QED) is 0.805. The van der Waals surface area contributed by atoms with Gasteiger partial charge in [-0.15, -0.1) is 0 Å². The van der Waals surface area contributed by atoms with Crippen molar-refractivity contribution in [2.75, 3.05) is 13.7 Å². The highest BCUT2D eigenvalue weighted by Gasteiger charge is 2.20. The van der Waals surface area contributed by atoms with E-state index in [1.54, 1.807) is 7.11 Å². The number of nitrogens with one attached hydrogen (secondary N) is 1. The molecule has 2 aromatic carbocycles. The van der Waals surface area contributed by atoms with E-state index in [4.69, 9.17) is 4.74 Å².